The predicted octanol–water partition coefficient (Wildman–Crippen LogP) is 2.81. The van der Waals surface area contributed by atoms with Crippen LogP contribution in [0.4, 0.5) is 0 Å². The Morgan fingerprint density at radius 1 is 0.909 bits per heavy atom. The molecule has 0 N–H and O–H groups in total. The lowest BCUT2D eigenvalue weighted by Crippen LogP contribution is -2.53. The van der Waals surface area contributed by atoms with Gasteiger partial charge < -0.3 is 9.64 Å². The zero-order valence-corrected chi connectivity index (χ0v) is 14.1. The van der Waals surface area contributed by atoms with E-state index in [1.54, 1.807) is 0 Å². The van der Waals surface area contributed by atoms with Gasteiger partial charge in [0.05, 0.1) is 18.2 Å². The van der Waals surface area contributed by atoms with Crippen molar-refractivity contribution in [1.29, 1.82) is 0 Å². The van der Waals surface area contributed by atoms with Gasteiger partial charge in [0.1, 0.15) is 0 Å². The van der Waals surface area contributed by atoms with Crippen LogP contribution in [-0.2, 0) is 9.53 Å². The van der Waals surface area contributed by atoms with Crippen LogP contribution in [0.5, 0.6) is 0 Å². The van der Waals surface area contributed by atoms with E-state index in [0.29, 0.717) is 18.1 Å². The Hall–Kier alpha value is -0.610. The molecule has 4 heteroatoms. The van der Waals surface area contributed by atoms with Crippen molar-refractivity contribution in [1.82, 2.24) is 9.80 Å². The SMILES string of the molecule is CCN1CCCC[C@@H]1C(=O)N1CCC(OC2CCCC2)CC1. The van der Waals surface area contributed by atoms with Crippen molar-refractivity contribution in [2.24, 2.45) is 0 Å². The van der Waals surface area contributed by atoms with E-state index < -0.39 is 0 Å². The third-order valence-electron chi connectivity index (χ3n) is 5.75. The van der Waals surface area contributed by atoms with E-state index in [1.165, 1.54) is 38.5 Å². The molecule has 0 bridgehead atoms. The highest BCUT2D eigenvalue weighted by atomic mass is 16.5. The Morgan fingerprint density at radius 2 is 1.55 bits per heavy atom. The van der Waals surface area contributed by atoms with Gasteiger partial charge in [-0.2, -0.15) is 0 Å². The van der Waals surface area contributed by atoms with Crippen molar-refractivity contribution < 1.29 is 9.53 Å². The summed E-state index contributed by atoms with van der Waals surface area (Å²) in [5.74, 6) is 0.376. The molecule has 3 aliphatic rings. The number of piperidine rings is 2. The molecule has 4 nitrogen and oxygen atoms in total. The molecule has 0 spiro atoms. The van der Waals surface area contributed by atoms with Crippen LogP contribution in [0.2, 0.25) is 0 Å². The smallest absolute Gasteiger partial charge is 0.239 e. The average Bonchev–Trinajstić information content (AvgIpc) is 3.08. The summed E-state index contributed by atoms with van der Waals surface area (Å²) < 4.78 is 6.22. The number of hydrogen-bond donors (Lipinski definition) is 0. The van der Waals surface area contributed by atoms with Crippen LogP contribution in [0.25, 0.3) is 0 Å². The Kier molecular flexibility index (Phi) is 5.75. The third-order valence-corrected chi connectivity index (χ3v) is 5.75. The normalized spacial score (nSPS) is 29.1. The van der Waals surface area contributed by atoms with Crippen molar-refractivity contribution in [3.8, 4) is 0 Å². The van der Waals surface area contributed by atoms with Crippen LogP contribution in [0, 0.1) is 0 Å². The molecular formula is C18H32N2O2. The van der Waals surface area contributed by atoms with E-state index in [9.17, 15) is 4.79 Å². The molecule has 1 saturated carbocycles. The van der Waals surface area contributed by atoms with E-state index in [1.807, 2.05) is 0 Å². The second-order valence-electron chi connectivity index (χ2n) is 7.21. The second-order valence-corrected chi connectivity index (χ2v) is 7.21. The molecule has 3 rings (SSSR count). The van der Waals surface area contributed by atoms with Crippen molar-refractivity contribution in [2.75, 3.05) is 26.2 Å². The summed E-state index contributed by atoms with van der Waals surface area (Å²) in [5.41, 5.74) is 0. The molecule has 1 aliphatic carbocycles. The topological polar surface area (TPSA) is 32.8 Å². The zero-order chi connectivity index (χ0) is 15.4. The van der Waals surface area contributed by atoms with Crippen molar-refractivity contribution in [3.63, 3.8) is 0 Å². The lowest BCUT2D eigenvalue weighted by molar-refractivity contribution is -0.141. The van der Waals surface area contributed by atoms with Crippen LogP contribution in [-0.4, -0.2) is 60.1 Å². The van der Waals surface area contributed by atoms with Gasteiger partial charge in [0.25, 0.3) is 0 Å². The Labute approximate surface area is 135 Å². The molecule has 2 saturated heterocycles. The Balaban J connectivity index is 1.46. The highest BCUT2D eigenvalue weighted by molar-refractivity contribution is 5.82. The average molecular weight is 308 g/mol. The monoisotopic (exact) mass is 308 g/mol. The van der Waals surface area contributed by atoms with Crippen LogP contribution in [0.15, 0.2) is 0 Å². The molecular weight excluding hydrogens is 276 g/mol. The van der Waals surface area contributed by atoms with E-state index in [2.05, 4.69) is 16.7 Å². The van der Waals surface area contributed by atoms with Gasteiger partial charge in [0.2, 0.25) is 5.91 Å². The number of carbonyl (C=O) groups is 1. The van der Waals surface area contributed by atoms with Gasteiger partial charge in [0, 0.05) is 13.1 Å². The summed E-state index contributed by atoms with van der Waals surface area (Å²) in [5, 5.41) is 0. The molecule has 0 radical (unpaired) electrons. The van der Waals surface area contributed by atoms with Crippen molar-refractivity contribution >= 4 is 5.91 Å². The minimum absolute atomic E-state index is 0.144. The van der Waals surface area contributed by atoms with Crippen molar-refractivity contribution in [3.05, 3.63) is 0 Å². The molecule has 1 atom stereocenters. The molecule has 2 aliphatic heterocycles. The number of ether oxygens (including phenoxy) is 1. The largest absolute Gasteiger partial charge is 0.375 e. The quantitative estimate of drug-likeness (QED) is 0.800. The summed E-state index contributed by atoms with van der Waals surface area (Å²) in [7, 11) is 0. The predicted molar refractivity (Wildman–Crippen MR) is 87.8 cm³/mol. The zero-order valence-electron chi connectivity index (χ0n) is 14.1. The molecule has 0 unspecified atom stereocenters. The lowest BCUT2D eigenvalue weighted by atomic mass is 9.99. The standard InChI is InChI=1S/C18H32N2O2/c1-2-19-12-6-5-9-17(19)18(21)20-13-10-16(11-14-20)22-15-7-3-4-8-15/h15-17H,2-14H2,1H3/t17-/m1/s1. The minimum Gasteiger partial charge on any atom is -0.375 e. The number of nitrogens with zero attached hydrogens (tertiary/aromatic N) is 2. The second kappa shape index (κ2) is 7.78. The maximum atomic E-state index is 12.8. The molecule has 2 heterocycles. The van der Waals surface area contributed by atoms with Gasteiger partial charge in [-0.1, -0.05) is 26.2 Å². The van der Waals surface area contributed by atoms with Crippen LogP contribution in [0.1, 0.15) is 64.7 Å². The first-order valence-corrected chi connectivity index (χ1v) is 9.46. The Morgan fingerprint density at radius 3 is 2.23 bits per heavy atom. The van der Waals surface area contributed by atoms with Gasteiger partial charge in [-0.25, -0.2) is 0 Å². The minimum atomic E-state index is 0.144. The number of hydrogen-bond acceptors (Lipinski definition) is 3. The highest BCUT2D eigenvalue weighted by Gasteiger charge is 2.33. The van der Waals surface area contributed by atoms with Crippen LogP contribution >= 0.6 is 0 Å². The maximum absolute atomic E-state index is 12.8. The molecule has 126 valence electrons. The van der Waals surface area contributed by atoms with E-state index in [0.717, 1.165) is 45.4 Å². The first kappa shape index (κ1) is 16.3. The fraction of sp³-hybridized carbons (Fsp3) is 0.944. The van der Waals surface area contributed by atoms with Crippen LogP contribution in [0.3, 0.4) is 0 Å². The van der Waals surface area contributed by atoms with E-state index in [4.69, 9.17) is 4.74 Å². The molecule has 0 aromatic carbocycles. The summed E-state index contributed by atoms with van der Waals surface area (Å²) in [4.78, 5) is 17.3. The number of carbonyl (C=O) groups excluding carboxylic acids is 1. The van der Waals surface area contributed by atoms with Gasteiger partial charge in [-0.3, -0.25) is 9.69 Å². The first-order valence-electron chi connectivity index (χ1n) is 9.46. The molecule has 3 fully saturated rings. The van der Waals surface area contributed by atoms with Gasteiger partial charge in [-0.15, -0.1) is 0 Å². The maximum Gasteiger partial charge on any atom is 0.239 e. The van der Waals surface area contributed by atoms with E-state index >= 15 is 0 Å². The summed E-state index contributed by atoms with van der Waals surface area (Å²) in [6.07, 6.45) is 11.6. The fourth-order valence-electron chi connectivity index (χ4n) is 4.37. The van der Waals surface area contributed by atoms with Crippen LogP contribution < -0.4 is 0 Å². The highest BCUT2D eigenvalue weighted by Crippen LogP contribution is 2.26. The van der Waals surface area contributed by atoms with Gasteiger partial charge >= 0.3 is 0 Å². The summed E-state index contributed by atoms with van der Waals surface area (Å²) in [6, 6.07) is 0.144. The number of likely N-dealkylation sites (N-methyl/N-ethyl adjacent to an activating group) is 1. The third kappa shape index (κ3) is 3.83. The summed E-state index contributed by atoms with van der Waals surface area (Å²) >= 11 is 0. The number of amides is 1. The number of rotatable bonds is 4. The molecule has 1 amide bonds. The molecule has 22 heavy (non-hydrogen) atoms. The van der Waals surface area contributed by atoms with Gasteiger partial charge in [0.15, 0.2) is 0 Å². The van der Waals surface area contributed by atoms with Gasteiger partial charge in [-0.05, 0) is 51.6 Å². The molecule has 0 aromatic heterocycles. The lowest BCUT2D eigenvalue weighted by Gasteiger charge is -2.39. The fourth-order valence-corrected chi connectivity index (χ4v) is 4.37. The molecule has 0 aromatic rings. The summed E-state index contributed by atoms with van der Waals surface area (Å²) in [6.45, 7) is 6.05. The Bertz CT molecular complexity index is 360. The first-order chi connectivity index (χ1) is 10.8. The van der Waals surface area contributed by atoms with Crippen molar-refractivity contribution in [2.45, 2.75) is 83.0 Å². The van der Waals surface area contributed by atoms with E-state index in [-0.39, 0.29) is 6.04 Å². The number of likely N-dealkylation sites (tertiary alicyclic amines) is 2.